The Morgan fingerprint density at radius 1 is 0.354 bits per heavy atom. The lowest BCUT2D eigenvalue weighted by molar-refractivity contribution is -0.270. The van der Waals surface area contributed by atoms with Gasteiger partial charge < -0.3 is 115 Å². The summed E-state index contributed by atoms with van der Waals surface area (Å²) in [5, 5.41) is 104. The van der Waals surface area contributed by atoms with E-state index in [9.17, 15) is 89.1 Å². The molecule has 32 nitrogen and oxygen atoms in total. The van der Waals surface area contributed by atoms with Gasteiger partial charge >= 0.3 is 0 Å². The minimum Gasteiger partial charge on any atom is -0.394 e. The largest absolute Gasteiger partial charge is 0.394 e. The van der Waals surface area contributed by atoms with Gasteiger partial charge in [0.1, 0.15) is 96.2 Å². The van der Waals surface area contributed by atoms with Crippen molar-refractivity contribution in [3.63, 3.8) is 0 Å². The number of unbranched alkanes of at least 4 members (excludes halogenated alkanes) is 7. The molecule has 0 aromatic rings. The lowest BCUT2D eigenvalue weighted by Gasteiger charge is -2.42. The summed E-state index contributed by atoms with van der Waals surface area (Å²) in [7, 11) is 0. The molecule has 0 aromatic heterocycles. The van der Waals surface area contributed by atoms with E-state index in [4.69, 9.17) is 42.6 Å². The van der Waals surface area contributed by atoms with Crippen LogP contribution in [0.3, 0.4) is 0 Å². The SMILES string of the molecule is CCC(COCCC(=O)CCCCCC(=O)CCCCO[C@@H]1OC(CO)[C@H](O)[C@H](O)C1NC(C)=O)(COCCC(=O)CCCCNC(=O)CCCCO[C@@H]1OC(CO)[C@H](O)[C@H](O)C1NC(C)=O)COCCC(=O)NCCCCC(=O)CCCCO[C@@H]1OC(CO)[C@H](O)[C@H](O)C1NC(C)=O. The Kier molecular flexibility index (Phi) is 45.3. The van der Waals surface area contributed by atoms with Gasteiger partial charge in [0.25, 0.3) is 0 Å². The molecule has 0 bridgehead atoms. The molecular weight excluding hydrogens is 1310 g/mol. The van der Waals surface area contributed by atoms with Crippen LogP contribution in [0.4, 0.5) is 0 Å². The van der Waals surface area contributed by atoms with Crippen molar-refractivity contribution in [1.82, 2.24) is 26.6 Å². The van der Waals surface area contributed by atoms with Crippen LogP contribution in [0.5, 0.6) is 0 Å². The standard InChI is InChI=1S/C67H117N5O27/c1-5-67(40-91-34-26-48(81)20-8-6-7-19-46(79)23-11-16-31-94-64-55(70-43(2)76)61(88)58(85)50(37-73)97-64,41-92-35-27-49(82)22-10-15-29-68-53(83)25-13-18-33-96-66-57(72-45(4)78)63(90)60(87)52(39-75)99-66)42-93-36-28-54(84)69-30-14-9-21-47(80)24-12-17-32-95-65-56(71-44(3)77)62(89)59(86)51(38-74)98-65/h50-52,55-66,73-75,85-90H,5-42H2,1-4H3,(H,68,83)(H,69,84)(H,70,76)(H,71,77)(H,72,78)/t50?,51?,52?,55?,56?,57?,58-,59-,60-,61+,62+,63+,64+,65+,66+,67?/m0/s1. The number of hydrogen-bond donors (Lipinski definition) is 14. The van der Waals surface area contributed by atoms with Crippen molar-refractivity contribution < 1.29 is 132 Å². The van der Waals surface area contributed by atoms with E-state index < -0.39 is 135 Å². The number of rotatable bonds is 56. The highest BCUT2D eigenvalue weighted by Gasteiger charge is 2.48. The van der Waals surface area contributed by atoms with Crippen molar-refractivity contribution in [2.75, 3.05) is 92.4 Å². The Labute approximate surface area is 580 Å². The molecule has 3 rings (SSSR count). The van der Waals surface area contributed by atoms with Gasteiger partial charge in [0.2, 0.25) is 29.5 Å². The average molecular weight is 1420 g/mol. The maximum Gasteiger partial charge on any atom is 0.222 e. The fraction of sp³-hybridized carbons (Fsp3) is 0.866. The van der Waals surface area contributed by atoms with Crippen LogP contribution in [0.25, 0.3) is 0 Å². The molecule has 0 aromatic carbocycles. The Hall–Kier alpha value is -4.69. The maximum absolute atomic E-state index is 12.9. The second-order valence-electron chi connectivity index (χ2n) is 25.9. The lowest BCUT2D eigenvalue weighted by Crippen LogP contribution is -2.64. The minimum absolute atomic E-state index is 0.00662. The molecule has 3 heterocycles. The summed E-state index contributed by atoms with van der Waals surface area (Å²) in [5.41, 5.74) is -0.692. The summed E-state index contributed by atoms with van der Waals surface area (Å²) >= 11 is 0. The fourth-order valence-corrected chi connectivity index (χ4v) is 11.4. The number of nitrogens with one attached hydrogen (secondary N) is 5. The Balaban J connectivity index is 1.36. The van der Waals surface area contributed by atoms with Gasteiger partial charge in [0.05, 0.1) is 59.5 Å². The number of ether oxygens (including phenoxy) is 9. The highest BCUT2D eigenvalue weighted by Crippen LogP contribution is 2.28. The Morgan fingerprint density at radius 3 is 0.949 bits per heavy atom. The van der Waals surface area contributed by atoms with E-state index >= 15 is 0 Å². The summed E-state index contributed by atoms with van der Waals surface area (Å²) in [6.45, 7) is 5.95. The van der Waals surface area contributed by atoms with E-state index in [-0.39, 0.29) is 127 Å². The quantitative estimate of drug-likeness (QED) is 0.0318. The van der Waals surface area contributed by atoms with Gasteiger partial charge in [-0.25, -0.2) is 0 Å². The first kappa shape index (κ1) is 88.5. The molecule has 0 radical (unpaired) electrons. The van der Waals surface area contributed by atoms with Crippen LogP contribution in [0.2, 0.25) is 0 Å². The van der Waals surface area contributed by atoms with Gasteiger partial charge in [-0.15, -0.1) is 0 Å². The summed E-state index contributed by atoms with van der Waals surface area (Å²) in [5.74, 6) is -1.72. The van der Waals surface area contributed by atoms with Gasteiger partial charge in [-0.05, 0) is 83.5 Å². The normalized spacial score (nSPS) is 26.0. The van der Waals surface area contributed by atoms with Crippen molar-refractivity contribution in [2.24, 2.45) is 5.41 Å². The van der Waals surface area contributed by atoms with Crippen molar-refractivity contribution in [2.45, 2.75) is 274 Å². The van der Waals surface area contributed by atoms with Crippen LogP contribution in [-0.2, 0) is 85.8 Å². The molecule has 3 aliphatic rings. The first-order valence-corrected chi connectivity index (χ1v) is 35.3. The van der Waals surface area contributed by atoms with Gasteiger partial charge in [-0.1, -0.05) is 13.3 Å². The fourth-order valence-electron chi connectivity index (χ4n) is 11.4. The number of Topliss-reactive ketones (excluding diaryl/α,β-unsaturated/α-hetero) is 4. The maximum atomic E-state index is 12.9. The number of aliphatic hydroxyl groups is 9. The summed E-state index contributed by atoms with van der Waals surface area (Å²) < 4.78 is 52.0. The number of aliphatic hydroxyl groups excluding tert-OH is 9. The second kappa shape index (κ2) is 50.6. The van der Waals surface area contributed by atoms with E-state index in [0.29, 0.717) is 135 Å². The molecule has 3 aliphatic heterocycles. The van der Waals surface area contributed by atoms with Crippen LogP contribution in [0, 0.1) is 5.41 Å². The van der Waals surface area contributed by atoms with E-state index in [1.165, 1.54) is 20.8 Å². The number of carbonyl (C=O) groups is 9. The zero-order valence-electron chi connectivity index (χ0n) is 58.4. The first-order valence-electron chi connectivity index (χ1n) is 35.3. The van der Waals surface area contributed by atoms with Crippen LogP contribution < -0.4 is 26.6 Å². The minimum atomic E-state index is -1.43. The third kappa shape index (κ3) is 35.4. The molecule has 0 saturated carbocycles. The molecule has 3 saturated heterocycles. The second-order valence-corrected chi connectivity index (χ2v) is 25.9. The summed E-state index contributed by atoms with van der Waals surface area (Å²) in [6.07, 6.45) is -5.16. The van der Waals surface area contributed by atoms with Crippen LogP contribution in [0.1, 0.15) is 182 Å². The predicted molar refractivity (Wildman–Crippen MR) is 351 cm³/mol. The first-order chi connectivity index (χ1) is 47.4. The van der Waals surface area contributed by atoms with Crippen molar-refractivity contribution in [3.05, 3.63) is 0 Å². The van der Waals surface area contributed by atoms with Gasteiger partial charge in [-0.3, -0.25) is 43.2 Å². The number of ketones is 4. The van der Waals surface area contributed by atoms with E-state index in [1.54, 1.807) is 0 Å². The molecule has 5 amide bonds. The number of carbonyl (C=O) groups excluding carboxylic acids is 9. The van der Waals surface area contributed by atoms with Crippen molar-refractivity contribution in [1.29, 1.82) is 0 Å². The topological polar surface area (TPSA) is 479 Å². The third-order valence-electron chi connectivity index (χ3n) is 17.4. The molecule has 16 atom stereocenters. The van der Waals surface area contributed by atoms with E-state index in [2.05, 4.69) is 26.6 Å². The Bertz CT molecular complexity index is 2120. The molecule has 14 N–H and O–H groups in total. The summed E-state index contributed by atoms with van der Waals surface area (Å²) in [6, 6.07) is -3.16. The lowest BCUT2D eigenvalue weighted by atomic mass is 9.88. The molecular formula is C67H117N5O27. The van der Waals surface area contributed by atoms with Gasteiger partial charge in [0, 0.05) is 123 Å². The zero-order valence-corrected chi connectivity index (χ0v) is 58.4. The zero-order chi connectivity index (χ0) is 73.1. The Morgan fingerprint density at radius 2 is 0.636 bits per heavy atom. The van der Waals surface area contributed by atoms with Crippen LogP contribution in [-0.4, -0.2) is 283 Å². The molecule has 32 heteroatoms. The highest BCUT2D eigenvalue weighted by molar-refractivity contribution is 5.80. The molecule has 99 heavy (non-hydrogen) atoms. The predicted octanol–water partition coefficient (Wildman–Crippen LogP) is -1.21. The molecule has 0 aliphatic carbocycles. The van der Waals surface area contributed by atoms with Gasteiger partial charge in [0.15, 0.2) is 18.9 Å². The monoisotopic (exact) mass is 1420 g/mol. The van der Waals surface area contributed by atoms with E-state index in [1.807, 2.05) is 6.92 Å². The average Bonchev–Trinajstić information content (AvgIpc) is 0.824. The van der Waals surface area contributed by atoms with Gasteiger partial charge in [-0.2, -0.15) is 0 Å². The van der Waals surface area contributed by atoms with Crippen molar-refractivity contribution in [3.8, 4) is 0 Å². The number of amides is 5. The van der Waals surface area contributed by atoms with E-state index in [0.717, 1.165) is 0 Å². The van der Waals surface area contributed by atoms with Crippen molar-refractivity contribution >= 4 is 52.7 Å². The number of hydrogen-bond acceptors (Lipinski definition) is 27. The molecule has 7 unspecified atom stereocenters. The van der Waals surface area contributed by atoms with Crippen LogP contribution >= 0.6 is 0 Å². The third-order valence-corrected chi connectivity index (χ3v) is 17.4. The molecule has 0 spiro atoms. The smallest absolute Gasteiger partial charge is 0.222 e. The highest BCUT2D eigenvalue weighted by atomic mass is 16.7. The molecule has 3 fully saturated rings. The summed E-state index contributed by atoms with van der Waals surface area (Å²) in [4.78, 5) is 111. The van der Waals surface area contributed by atoms with Crippen LogP contribution in [0.15, 0.2) is 0 Å². The molecule has 572 valence electrons.